The number of rotatable bonds is 5. The summed E-state index contributed by atoms with van der Waals surface area (Å²) in [6.07, 6.45) is 1.66. The Morgan fingerprint density at radius 2 is 2.00 bits per heavy atom. The van der Waals surface area contributed by atoms with Gasteiger partial charge in [0.15, 0.2) is 5.65 Å². The standard InChI is InChI=1S/C22H19ClN4O2/c1-27-21-19(13-25-27)18(22(28)24-12-14-5-3-7-16(23)9-14)11-20(26-21)15-6-4-8-17(10-15)29-2/h3-11,13H,12H2,1-2H3,(H,24,28). The summed E-state index contributed by atoms with van der Waals surface area (Å²) in [5.74, 6) is 0.524. The van der Waals surface area contributed by atoms with Crippen molar-refractivity contribution in [3.8, 4) is 17.0 Å². The van der Waals surface area contributed by atoms with Crippen molar-refractivity contribution < 1.29 is 9.53 Å². The number of nitrogens with zero attached hydrogens (tertiary/aromatic N) is 3. The Morgan fingerprint density at radius 3 is 2.79 bits per heavy atom. The van der Waals surface area contributed by atoms with E-state index in [-0.39, 0.29) is 5.91 Å². The van der Waals surface area contributed by atoms with Gasteiger partial charge in [-0.05, 0) is 35.9 Å². The van der Waals surface area contributed by atoms with Gasteiger partial charge in [-0.1, -0.05) is 35.9 Å². The van der Waals surface area contributed by atoms with Crippen molar-refractivity contribution in [3.63, 3.8) is 0 Å². The second kappa shape index (κ2) is 7.93. The van der Waals surface area contributed by atoms with Crippen LogP contribution in [0.4, 0.5) is 0 Å². The van der Waals surface area contributed by atoms with Crippen LogP contribution in [0.1, 0.15) is 15.9 Å². The van der Waals surface area contributed by atoms with E-state index in [0.717, 1.165) is 16.9 Å². The fraction of sp³-hybridized carbons (Fsp3) is 0.136. The van der Waals surface area contributed by atoms with Crippen molar-refractivity contribution in [3.05, 3.63) is 76.9 Å². The Kier molecular flexibility index (Phi) is 5.18. The molecule has 0 unspecified atom stereocenters. The molecular weight excluding hydrogens is 388 g/mol. The van der Waals surface area contributed by atoms with Crippen molar-refractivity contribution in [2.24, 2.45) is 7.05 Å². The van der Waals surface area contributed by atoms with Crippen LogP contribution in [0.2, 0.25) is 5.02 Å². The Labute approximate surface area is 173 Å². The van der Waals surface area contributed by atoms with Gasteiger partial charge < -0.3 is 10.1 Å². The van der Waals surface area contributed by atoms with E-state index in [9.17, 15) is 4.79 Å². The fourth-order valence-electron chi connectivity index (χ4n) is 3.16. The van der Waals surface area contributed by atoms with Crippen LogP contribution in [-0.2, 0) is 13.6 Å². The highest BCUT2D eigenvalue weighted by Gasteiger charge is 2.17. The molecule has 0 atom stereocenters. The molecule has 146 valence electrons. The van der Waals surface area contributed by atoms with Crippen molar-refractivity contribution in [1.29, 1.82) is 0 Å². The molecule has 1 amide bonds. The van der Waals surface area contributed by atoms with Gasteiger partial charge in [0.05, 0.1) is 30.0 Å². The first kappa shape index (κ1) is 19.0. The van der Waals surface area contributed by atoms with E-state index >= 15 is 0 Å². The van der Waals surface area contributed by atoms with Crippen LogP contribution in [0.3, 0.4) is 0 Å². The number of halogens is 1. The topological polar surface area (TPSA) is 69.0 Å². The molecular formula is C22H19ClN4O2. The minimum absolute atomic E-state index is 0.200. The number of carbonyl (C=O) groups excluding carboxylic acids is 1. The summed E-state index contributed by atoms with van der Waals surface area (Å²) in [4.78, 5) is 17.7. The van der Waals surface area contributed by atoms with Gasteiger partial charge >= 0.3 is 0 Å². The lowest BCUT2D eigenvalue weighted by Gasteiger charge is -2.10. The number of hydrogen-bond acceptors (Lipinski definition) is 4. The lowest BCUT2D eigenvalue weighted by molar-refractivity contribution is 0.0952. The highest BCUT2D eigenvalue weighted by atomic mass is 35.5. The zero-order valence-corrected chi connectivity index (χ0v) is 16.8. The third kappa shape index (κ3) is 3.93. The number of fused-ring (bicyclic) bond motifs is 1. The van der Waals surface area contributed by atoms with Crippen LogP contribution in [-0.4, -0.2) is 27.8 Å². The largest absolute Gasteiger partial charge is 0.497 e. The van der Waals surface area contributed by atoms with Gasteiger partial charge in [-0.25, -0.2) is 4.98 Å². The van der Waals surface area contributed by atoms with Crippen molar-refractivity contribution in [2.45, 2.75) is 6.54 Å². The van der Waals surface area contributed by atoms with E-state index in [1.165, 1.54) is 0 Å². The van der Waals surface area contributed by atoms with E-state index in [0.29, 0.717) is 33.9 Å². The molecule has 0 aliphatic carbocycles. The molecule has 0 spiro atoms. The molecule has 2 aromatic carbocycles. The number of aromatic nitrogens is 3. The number of ether oxygens (including phenoxy) is 1. The Balaban J connectivity index is 1.71. The number of nitrogens with one attached hydrogen (secondary N) is 1. The average Bonchev–Trinajstić information content (AvgIpc) is 3.12. The number of pyridine rings is 1. The van der Waals surface area contributed by atoms with Gasteiger partial charge in [-0.2, -0.15) is 5.10 Å². The maximum atomic E-state index is 13.0. The molecule has 7 heteroatoms. The zero-order valence-electron chi connectivity index (χ0n) is 16.0. The summed E-state index contributed by atoms with van der Waals surface area (Å²) < 4.78 is 6.97. The molecule has 0 aliphatic rings. The number of carbonyl (C=O) groups is 1. The SMILES string of the molecule is COc1cccc(-c2cc(C(=O)NCc3cccc(Cl)c3)c3cnn(C)c3n2)c1. The van der Waals surface area contributed by atoms with Gasteiger partial charge in [0, 0.05) is 24.2 Å². The lowest BCUT2D eigenvalue weighted by Crippen LogP contribution is -2.23. The van der Waals surface area contributed by atoms with Crippen LogP contribution in [0, 0.1) is 0 Å². The van der Waals surface area contributed by atoms with Gasteiger partial charge in [-0.3, -0.25) is 9.48 Å². The van der Waals surface area contributed by atoms with Crippen LogP contribution >= 0.6 is 11.6 Å². The summed E-state index contributed by atoms with van der Waals surface area (Å²) in [6.45, 7) is 0.373. The predicted octanol–water partition coefficient (Wildman–Crippen LogP) is 4.23. The third-order valence-corrected chi connectivity index (χ3v) is 4.89. The maximum absolute atomic E-state index is 13.0. The number of methoxy groups -OCH3 is 1. The molecule has 0 fully saturated rings. The number of aryl methyl sites for hydroxylation is 1. The van der Waals surface area contributed by atoms with E-state index in [2.05, 4.69) is 10.4 Å². The molecule has 6 nitrogen and oxygen atoms in total. The lowest BCUT2D eigenvalue weighted by atomic mass is 10.1. The molecule has 0 saturated heterocycles. The first-order chi connectivity index (χ1) is 14.0. The van der Waals surface area contributed by atoms with E-state index < -0.39 is 0 Å². The smallest absolute Gasteiger partial charge is 0.252 e. The second-order valence-corrected chi connectivity index (χ2v) is 7.04. The third-order valence-electron chi connectivity index (χ3n) is 4.66. The minimum atomic E-state index is -0.200. The Hall–Kier alpha value is -3.38. The quantitative estimate of drug-likeness (QED) is 0.538. The first-order valence-electron chi connectivity index (χ1n) is 9.05. The molecule has 2 aromatic heterocycles. The average molecular weight is 407 g/mol. The Bertz CT molecular complexity index is 1200. The molecule has 0 radical (unpaired) electrons. The molecule has 4 aromatic rings. The summed E-state index contributed by atoms with van der Waals surface area (Å²) >= 11 is 6.03. The molecule has 29 heavy (non-hydrogen) atoms. The monoisotopic (exact) mass is 406 g/mol. The van der Waals surface area contributed by atoms with Gasteiger partial charge in [0.25, 0.3) is 5.91 Å². The number of amides is 1. The fourth-order valence-corrected chi connectivity index (χ4v) is 3.37. The van der Waals surface area contributed by atoms with Gasteiger partial charge in [0.2, 0.25) is 0 Å². The van der Waals surface area contributed by atoms with E-state index in [1.54, 1.807) is 37.2 Å². The van der Waals surface area contributed by atoms with Crippen molar-refractivity contribution >= 4 is 28.5 Å². The van der Waals surface area contributed by atoms with Crippen LogP contribution in [0.15, 0.2) is 60.8 Å². The van der Waals surface area contributed by atoms with E-state index in [4.69, 9.17) is 21.3 Å². The summed E-state index contributed by atoms with van der Waals surface area (Å²) in [5, 5.41) is 8.56. The number of benzene rings is 2. The summed E-state index contributed by atoms with van der Waals surface area (Å²) in [6, 6.07) is 16.8. The van der Waals surface area contributed by atoms with Gasteiger partial charge in [0.1, 0.15) is 5.75 Å². The molecule has 0 aliphatic heterocycles. The number of hydrogen-bond donors (Lipinski definition) is 1. The van der Waals surface area contributed by atoms with Crippen LogP contribution in [0.5, 0.6) is 5.75 Å². The second-order valence-electron chi connectivity index (χ2n) is 6.61. The molecule has 0 bridgehead atoms. The van der Waals surface area contributed by atoms with Crippen LogP contribution in [0.25, 0.3) is 22.3 Å². The maximum Gasteiger partial charge on any atom is 0.252 e. The predicted molar refractivity (Wildman–Crippen MR) is 113 cm³/mol. The van der Waals surface area contributed by atoms with Crippen LogP contribution < -0.4 is 10.1 Å². The highest BCUT2D eigenvalue weighted by Crippen LogP contribution is 2.27. The summed E-state index contributed by atoms with van der Waals surface area (Å²) in [5.41, 5.74) is 3.61. The van der Waals surface area contributed by atoms with Crippen molar-refractivity contribution in [2.75, 3.05) is 7.11 Å². The minimum Gasteiger partial charge on any atom is -0.497 e. The molecule has 2 heterocycles. The zero-order chi connectivity index (χ0) is 20.4. The molecule has 4 rings (SSSR count). The molecule has 0 saturated carbocycles. The Morgan fingerprint density at radius 1 is 1.17 bits per heavy atom. The first-order valence-corrected chi connectivity index (χ1v) is 9.43. The normalized spacial score (nSPS) is 10.9. The van der Waals surface area contributed by atoms with Gasteiger partial charge in [-0.15, -0.1) is 0 Å². The summed E-state index contributed by atoms with van der Waals surface area (Å²) in [7, 11) is 3.42. The molecule has 1 N–H and O–H groups in total. The highest BCUT2D eigenvalue weighted by molar-refractivity contribution is 6.30. The van der Waals surface area contributed by atoms with Crippen molar-refractivity contribution in [1.82, 2.24) is 20.1 Å². The van der Waals surface area contributed by atoms with E-state index in [1.807, 2.05) is 42.5 Å².